The molecule has 1 aliphatic rings. The zero-order valence-corrected chi connectivity index (χ0v) is 23.6. The largest absolute Gasteiger partial charge is 0.458 e. The van der Waals surface area contributed by atoms with E-state index in [0.29, 0.717) is 35.2 Å². The zero-order chi connectivity index (χ0) is 27.0. The van der Waals surface area contributed by atoms with Crippen molar-refractivity contribution in [2.24, 2.45) is 0 Å². The van der Waals surface area contributed by atoms with Crippen molar-refractivity contribution in [1.82, 2.24) is 14.5 Å². The van der Waals surface area contributed by atoms with Crippen LogP contribution in [0.5, 0.6) is 0 Å². The topological polar surface area (TPSA) is 103 Å². The molecular formula is C28H27BrN4O4S. The average Bonchev–Trinajstić information content (AvgIpc) is 3.15. The van der Waals surface area contributed by atoms with Gasteiger partial charge in [-0.05, 0) is 78.4 Å². The van der Waals surface area contributed by atoms with Crippen LogP contribution in [0.1, 0.15) is 46.6 Å². The van der Waals surface area contributed by atoms with Crippen molar-refractivity contribution in [2.75, 3.05) is 4.72 Å². The van der Waals surface area contributed by atoms with Crippen LogP contribution < -0.4 is 4.72 Å². The lowest BCUT2D eigenvalue weighted by molar-refractivity contribution is 0.0364. The van der Waals surface area contributed by atoms with Gasteiger partial charge in [0.2, 0.25) is 5.95 Å². The number of hydrogen-bond acceptors (Lipinski definition) is 6. The molecule has 0 unspecified atom stereocenters. The summed E-state index contributed by atoms with van der Waals surface area (Å²) in [5, 5.41) is 0. The third-order valence-corrected chi connectivity index (χ3v) is 8.47. The summed E-state index contributed by atoms with van der Waals surface area (Å²) in [6.07, 6.45) is 2.68. The number of carbonyl (C=O) groups excluding carboxylic acids is 1. The molecule has 10 heteroatoms. The number of nitrogens with zero attached hydrogens (tertiary/aromatic N) is 3. The Morgan fingerprint density at radius 3 is 2.61 bits per heavy atom. The molecule has 0 spiro atoms. The van der Waals surface area contributed by atoms with Crippen LogP contribution in [0.4, 0.5) is 5.95 Å². The third-order valence-electron chi connectivity index (χ3n) is 6.27. The minimum atomic E-state index is -3.88. The monoisotopic (exact) mass is 594 g/mol. The zero-order valence-electron chi connectivity index (χ0n) is 21.2. The van der Waals surface area contributed by atoms with Crippen LogP contribution in [-0.2, 0) is 34.1 Å². The number of anilines is 1. The van der Waals surface area contributed by atoms with Gasteiger partial charge in [-0.3, -0.25) is 0 Å². The molecule has 0 radical (unpaired) electrons. The molecule has 0 bridgehead atoms. The number of nitrogens with one attached hydrogen (secondary N) is 1. The van der Waals surface area contributed by atoms with E-state index in [1.807, 2.05) is 43.5 Å². The van der Waals surface area contributed by atoms with E-state index in [1.54, 1.807) is 24.4 Å². The average molecular weight is 596 g/mol. The summed E-state index contributed by atoms with van der Waals surface area (Å²) in [4.78, 5) is 22.4. The SMILES string of the molecule is Cc1cccc(Cn2c(C(=O)OC(C)C)c(Br)c3c2-c2nc(NS(=O)(=O)c4ccccc4)ncc2CC3)c1. The molecule has 2 heterocycles. The van der Waals surface area contributed by atoms with Crippen molar-refractivity contribution < 1.29 is 17.9 Å². The Morgan fingerprint density at radius 1 is 1.13 bits per heavy atom. The van der Waals surface area contributed by atoms with Gasteiger partial charge in [0.25, 0.3) is 10.0 Å². The highest BCUT2D eigenvalue weighted by Crippen LogP contribution is 2.41. The van der Waals surface area contributed by atoms with Gasteiger partial charge in [0.15, 0.2) is 0 Å². The number of aryl methyl sites for hydroxylation is 2. The lowest BCUT2D eigenvalue weighted by Crippen LogP contribution is -2.19. The van der Waals surface area contributed by atoms with Crippen molar-refractivity contribution in [1.29, 1.82) is 0 Å². The van der Waals surface area contributed by atoms with Crippen molar-refractivity contribution >= 4 is 37.9 Å². The van der Waals surface area contributed by atoms with E-state index in [-0.39, 0.29) is 16.9 Å². The van der Waals surface area contributed by atoms with Crippen molar-refractivity contribution in [3.05, 3.63) is 93.2 Å². The van der Waals surface area contributed by atoms with Gasteiger partial charge in [-0.15, -0.1) is 0 Å². The number of fused-ring (bicyclic) bond motifs is 3. The maximum absolute atomic E-state index is 13.3. The number of carbonyl (C=O) groups is 1. The number of halogens is 1. The number of ether oxygens (including phenoxy) is 1. The summed E-state index contributed by atoms with van der Waals surface area (Å²) < 4.78 is 36.6. The first-order valence-electron chi connectivity index (χ1n) is 12.3. The molecule has 0 aliphatic heterocycles. The molecule has 1 aliphatic carbocycles. The minimum absolute atomic E-state index is 0.0359. The number of esters is 1. The van der Waals surface area contributed by atoms with Crippen LogP contribution in [0, 0.1) is 6.92 Å². The Balaban J connectivity index is 1.64. The van der Waals surface area contributed by atoms with Crippen LogP contribution in [0.3, 0.4) is 0 Å². The highest BCUT2D eigenvalue weighted by Gasteiger charge is 2.33. The fraction of sp³-hybridized carbons (Fsp3) is 0.250. The first-order valence-corrected chi connectivity index (χ1v) is 14.5. The molecule has 0 amide bonds. The van der Waals surface area contributed by atoms with E-state index in [2.05, 4.69) is 36.7 Å². The number of sulfonamides is 1. The van der Waals surface area contributed by atoms with Crippen LogP contribution in [0.25, 0.3) is 11.4 Å². The summed E-state index contributed by atoms with van der Waals surface area (Å²) in [5.41, 5.74) is 5.66. The maximum Gasteiger partial charge on any atom is 0.356 e. The van der Waals surface area contributed by atoms with E-state index in [0.717, 1.165) is 27.9 Å². The lowest BCUT2D eigenvalue weighted by Gasteiger charge is -2.20. The molecular weight excluding hydrogens is 568 g/mol. The van der Waals surface area contributed by atoms with E-state index in [1.165, 1.54) is 12.1 Å². The molecule has 2 aromatic carbocycles. The minimum Gasteiger partial charge on any atom is -0.458 e. The fourth-order valence-electron chi connectivity index (χ4n) is 4.64. The molecule has 196 valence electrons. The van der Waals surface area contributed by atoms with Crippen molar-refractivity contribution in [3.63, 3.8) is 0 Å². The van der Waals surface area contributed by atoms with Crippen LogP contribution in [0.2, 0.25) is 0 Å². The second-order valence-electron chi connectivity index (χ2n) is 9.51. The number of benzene rings is 2. The normalized spacial score (nSPS) is 12.7. The molecule has 5 rings (SSSR count). The van der Waals surface area contributed by atoms with Gasteiger partial charge < -0.3 is 9.30 Å². The summed E-state index contributed by atoms with van der Waals surface area (Å²) in [6, 6.07) is 16.2. The molecule has 38 heavy (non-hydrogen) atoms. The Morgan fingerprint density at radius 2 is 1.89 bits per heavy atom. The molecule has 2 aromatic heterocycles. The molecule has 0 saturated carbocycles. The smallest absolute Gasteiger partial charge is 0.356 e. The Bertz CT molecular complexity index is 1630. The first kappa shape index (κ1) is 26.1. The van der Waals surface area contributed by atoms with E-state index in [4.69, 9.17) is 4.74 Å². The quantitative estimate of drug-likeness (QED) is 0.282. The van der Waals surface area contributed by atoms with Gasteiger partial charge in [0, 0.05) is 12.7 Å². The molecule has 4 aromatic rings. The second kappa shape index (κ2) is 10.3. The summed E-state index contributed by atoms with van der Waals surface area (Å²) in [7, 11) is -3.88. The highest BCUT2D eigenvalue weighted by atomic mass is 79.9. The van der Waals surface area contributed by atoms with E-state index < -0.39 is 16.0 Å². The van der Waals surface area contributed by atoms with Gasteiger partial charge in [-0.25, -0.2) is 27.9 Å². The summed E-state index contributed by atoms with van der Waals surface area (Å²) in [6.45, 7) is 6.05. The summed E-state index contributed by atoms with van der Waals surface area (Å²) in [5.74, 6) is -0.472. The molecule has 0 atom stereocenters. The van der Waals surface area contributed by atoms with Crippen LogP contribution in [0.15, 0.2) is 70.2 Å². The van der Waals surface area contributed by atoms with E-state index in [9.17, 15) is 13.2 Å². The second-order valence-corrected chi connectivity index (χ2v) is 12.0. The van der Waals surface area contributed by atoms with Crippen molar-refractivity contribution in [2.45, 2.75) is 51.2 Å². The highest BCUT2D eigenvalue weighted by molar-refractivity contribution is 9.10. The van der Waals surface area contributed by atoms with E-state index >= 15 is 0 Å². The van der Waals surface area contributed by atoms with Gasteiger partial charge in [0.05, 0.1) is 26.9 Å². The van der Waals surface area contributed by atoms with Crippen LogP contribution >= 0.6 is 15.9 Å². The van der Waals surface area contributed by atoms with Crippen molar-refractivity contribution in [3.8, 4) is 11.4 Å². The predicted molar refractivity (Wildman–Crippen MR) is 149 cm³/mol. The van der Waals surface area contributed by atoms with Gasteiger partial charge in [-0.1, -0.05) is 48.0 Å². The van der Waals surface area contributed by atoms with Gasteiger partial charge in [0.1, 0.15) is 5.69 Å². The fourth-order valence-corrected chi connectivity index (χ4v) is 6.38. The standard InChI is InChI=1S/C28H27BrN4O4S/c1-17(2)37-27(34)26-23(29)22-13-12-20-15-30-28(32-38(35,36)21-10-5-4-6-11-21)31-24(20)25(22)33(26)16-19-9-7-8-18(3)14-19/h4-11,14-15,17H,12-13,16H2,1-3H3,(H,30,31,32). The van der Waals surface area contributed by atoms with Gasteiger partial charge in [-0.2, -0.15) is 0 Å². The lowest BCUT2D eigenvalue weighted by atomic mass is 9.95. The molecule has 1 N–H and O–H groups in total. The maximum atomic E-state index is 13.3. The molecule has 0 fully saturated rings. The predicted octanol–water partition coefficient (Wildman–Crippen LogP) is 5.53. The summed E-state index contributed by atoms with van der Waals surface area (Å²) >= 11 is 3.68. The Kier molecular flexibility index (Phi) is 7.11. The number of aromatic nitrogens is 3. The van der Waals surface area contributed by atoms with Gasteiger partial charge >= 0.3 is 5.97 Å². The Labute approximate surface area is 230 Å². The molecule has 8 nitrogen and oxygen atoms in total. The number of hydrogen-bond donors (Lipinski definition) is 1. The number of rotatable bonds is 7. The first-order chi connectivity index (χ1) is 18.1. The van der Waals surface area contributed by atoms with Crippen LogP contribution in [-0.4, -0.2) is 35.0 Å². The Hall–Kier alpha value is -3.50. The third kappa shape index (κ3) is 5.10. The molecule has 0 saturated heterocycles.